The first-order valence-electron chi connectivity index (χ1n) is 7.81. The molecule has 2 aromatic rings. The first kappa shape index (κ1) is 14.6. The lowest BCUT2D eigenvalue weighted by Gasteiger charge is -2.16. The zero-order chi connectivity index (χ0) is 14.8. The van der Waals surface area contributed by atoms with Crippen LogP contribution in [0.3, 0.4) is 0 Å². The maximum Gasteiger partial charge on any atom is 0.0260 e. The molecule has 0 spiro atoms. The van der Waals surface area contributed by atoms with Gasteiger partial charge in [0.1, 0.15) is 0 Å². The summed E-state index contributed by atoms with van der Waals surface area (Å²) in [4.78, 5) is 0. The molecule has 1 aliphatic rings. The van der Waals surface area contributed by atoms with E-state index in [1.54, 1.807) is 0 Å². The molecule has 108 valence electrons. The molecular weight excluding hydrogens is 320 g/mol. The number of fused-ring (bicyclic) bond motifs is 1. The summed E-state index contributed by atoms with van der Waals surface area (Å²) < 4.78 is 1.20. The van der Waals surface area contributed by atoms with Gasteiger partial charge in [0.05, 0.1) is 0 Å². The summed E-state index contributed by atoms with van der Waals surface area (Å²) in [7, 11) is 0. The number of unbranched alkanes of at least 4 members (excludes halogenated alkanes) is 1. The zero-order valence-electron chi connectivity index (χ0n) is 12.7. The molecule has 0 aromatic heterocycles. The molecular formula is C20H21Br. The molecule has 0 aliphatic heterocycles. The molecule has 0 amide bonds. The quantitative estimate of drug-likeness (QED) is 0.588. The van der Waals surface area contributed by atoms with E-state index in [9.17, 15) is 0 Å². The van der Waals surface area contributed by atoms with Gasteiger partial charge in [0.2, 0.25) is 0 Å². The molecule has 0 heterocycles. The average Bonchev–Trinajstić information content (AvgIpc) is 2.87. The molecule has 0 saturated carbocycles. The predicted octanol–water partition coefficient (Wildman–Crippen LogP) is 6.59. The van der Waals surface area contributed by atoms with Gasteiger partial charge in [-0.3, -0.25) is 0 Å². The molecule has 1 heteroatoms. The van der Waals surface area contributed by atoms with E-state index in [4.69, 9.17) is 0 Å². The summed E-state index contributed by atoms with van der Waals surface area (Å²) in [6.07, 6.45) is 8.23. The van der Waals surface area contributed by atoms with E-state index in [1.807, 2.05) is 0 Å². The van der Waals surface area contributed by atoms with Gasteiger partial charge in [0.25, 0.3) is 0 Å². The summed E-state index contributed by atoms with van der Waals surface area (Å²) in [5.74, 6) is 0.523. The minimum Gasteiger partial charge on any atom is -0.0766 e. The van der Waals surface area contributed by atoms with Gasteiger partial charge in [-0.2, -0.15) is 0 Å². The molecule has 1 atom stereocenters. The van der Waals surface area contributed by atoms with Crippen molar-refractivity contribution < 1.29 is 0 Å². The number of benzene rings is 2. The third-order valence-electron chi connectivity index (χ3n) is 4.36. The van der Waals surface area contributed by atoms with Gasteiger partial charge in [-0.15, -0.1) is 0 Å². The smallest absolute Gasteiger partial charge is 0.0260 e. The largest absolute Gasteiger partial charge is 0.0766 e. The Morgan fingerprint density at radius 3 is 2.71 bits per heavy atom. The molecule has 1 unspecified atom stereocenters. The summed E-state index contributed by atoms with van der Waals surface area (Å²) >= 11 is 3.77. The van der Waals surface area contributed by atoms with Gasteiger partial charge in [-0.1, -0.05) is 78.7 Å². The van der Waals surface area contributed by atoms with E-state index >= 15 is 0 Å². The normalized spacial score (nSPS) is 16.2. The second-order valence-electron chi connectivity index (χ2n) is 5.83. The summed E-state index contributed by atoms with van der Waals surface area (Å²) in [6, 6.07) is 13.3. The second-order valence-corrected chi connectivity index (χ2v) is 6.69. The number of rotatable bonds is 4. The van der Waals surface area contributed by atoms with Crippen molar-refractivity contribution in [1.29, 1.82) is 0 Å². The van der Waals surface area contributed by atoms with Crippen LogP contribution in [0.25, 0.3) is 17.2 Å². The van der Waals surface area contributed by atoms with E-state index in [0.29, 0.717) is 5.92 Å². The van der Waals surface area contributed by atoms with Crippen molar-refractivity contribution >= 4 is 22.0 Å². The van der Waals surface area contributed by atoms with Crippen molar-refractivity contribution in [2.24, 2.45) is 0 Å². The van der Waals surface area contributed by atoms with Crippen LogP contribution in [0, 0.1) is 0 Å². The lowest BCUT2D eigenvalue weighted by molar-refractivity contribution is 0.796. The Morgan fingerprint density at radius 2 is 1.90 bits per heavy atom. The van der Waals surface area contributed by atoms with Crippen LogP contribution in [0.5, 0.6) is 0 Å². The highest BCUT2D eigenvalue weighted by Gasteiger charge is 2.20. The average molecular weight is 341 g/mol. The second kappa shape index (κ2) is 6.19. The van der Waals surface area contributed by atoms with Gasteiger partial charge in [-0.25, -0.2) is 0 Å². The highest BCUT2D eigenvalue weighted by Crippen LogP contribution is 2.42. The van der Waals surface area contributed by atoms with Crippen LogP contribution < -0.4 is 0 Å². The molecule has 0 N–H and O–H groups in total. The lowest BCUT2D eigenvalue weighted by atomic mass is 9.90. The topological polar surface area (TPSA) is 0 Å². The van der Waals surface area contributed by atoms with Crippen LogP contribution in [0.2, 0.25) is 0 Å². The van der Waals surface area contributed by atoms with Crippen molar-refractivity contribution in [2.45, 2.75) is 39.0 Å². The van der Waals surface area contributed by atoms with Crippen LogP contribution in [0.1, 0.15) is 49.3 Å². The fraction of sp³-hybridized carbons (Fsp3) is 0.300. The van der Waals surface area contributed by atoms with Gasteiger partial charge >= 0.3 is 0 Å². The molecule has 0 fully saturated rings. The number of hydrogen-bond donors (Lipinski definition) is 0. The van der Waals surface area contributed by atoms with Gasteiger partial charge < -0.3 is 0 Å². The summed E-state index contributed by atoms with van der Waals surface area (Å²) in [6.45, 7) is 4.52. The van der Waals surface area contributed by atoms with Crippen molar-refractivity contribution in [3.05, 3.63) is 63.6 Å². The van der Waals surface area contributed by atoms with Gasteiger partial charge in [0.15, 0.2) is 0 Å². The van der Waals surface area contributed by atoms with Crippen molar-refractivity contribution in [3.63, 3.8) is 0 Å². The molecule has 0 radical (unpaired) electrons. The number of aryl methyl sites for hydroxylation is 1. The van der Waals surface area contributed by atoms with Crippen LogP contribution in [-0.2, 0) is 6.42 Å². The first-order valence-corrected chi connectivity index (χ1v) is 8.60. The number of hydrogen-bond acceptors (Lipinski definition) is 0. The van der Waals surface area contributed by atoms with E-state index in [1.165, 1.54) is 45.1 Å². The fourth-order valence-electron chi connectivity index (χ4n) is 3.15. The summed E-state index contributed by atoms with van der Waals surface area (Å²) in [5.41, 5.74) is 7.04. The standard InChI is InChI=1S/C20H21Br/c1-3-4-7-15-8-5-6-9-17(15)20-18-11-10-14(2)16(18)12-13-19(20)21/h5-6,8-14H,3-4,7H2,1-2H3. The predicted molar refractivity (Wildman–Crippen MR) is 95.6 cm³/mol. The number of allylic oxidation sites excluding steroid dienone is 1. The third kappa shape index (κ3) is 2.72. The Labute approximate surface area is 136 Å². The SMILES string of the molecule is CCCCc1ccccc1-c1c(Br)ccc2c1C=CC2C. The Kier molecular flexibility index (Phi) is 4.30. The molecule has 0 saturated heterocycles. The van der Waals surface area contributed by atoms with E-state index in [-0.39, 0.29) is 0 Å². The monoisotopic (exact) mass is 340 g/mol. The van der Waals surface area contributed by atoms with Crippen LogP contribution in [-0.4, -0.2) is 0 Å². The molecule has 3 rings (SSSR count). The molecule has 0 nitrogen and oxygen atoms in total. The maximum absolute atomic E-state index is 3.77. The highest BCUT2D eigenvalue weighted by atomic mass is 79.9. The fourth-order valence-corrected chi connectivity index (χ4v) is 3.71. The molecule has 21 heavy (non-hydrogen) atoms. The number of halogens is 1. The Hall–Kier alpha value is -1.34. The zero-order valence-corrected chi connectivity index (χ0v) is 14.3. The van der Waals surface area contributed by atoms with E-state index in [2.05, 4.69) is 78.3 Å². The van der Waals surface area contributed by atoms with E-state index in [0.717, 1.165) is 6.42 Å². The molecule has 2 aromatic carbocycles. The van der Waals surface area contributed by atoms with Crippen molar-refractivity contribution in [2.75, 3.05) is 0 Å². The Bertz CT molecular complexity index is 682. The van der Waals surface area contributed by atoms with E-state index < -0.39 is 0 Å². The van der Waals surface area contributed by atoms with Crippen LogP contribution in [0.4, 0.5) is 0 Å². The van der Waals surface area contributed by atoms with Crippen LogP contribution in [0.15, 0.2) is 46.9 Å². The molecule has 1 aliphatic carbocycles. The lowest BCUT2D eigenvalue weighted by Crippen LogP contribution is -1.95. The molecule has 0 bridgehead atoms. The van der Waals surface area contributed by atoms with Gasteiger partial charge in [0, 0.05) is 10.0 Å². The van der Waals surface area contributed by atoms with Gasteiger partial charge in [-0.05, 0) is 47.1 Å². The van der Waals surface area contributed by atoms with Crippen molar-refractivity contribution in [1.82, 2.24) is 0 Å². The van der Waals surface area contributed by atoms with Crippen molar-refractivity contribution in [3.8, 4) is 11.1 Å². The Morgan fingerprint density at radius 1 is 1.10 bits per heavy atom. The highest BCUT2D eigenvalue weighted by molar-refractivity contribution is 9.10. The third-order valence-corrected chi connectivity index (χ3v) is 5.02. The first-order chi connectivity index (χ1) is 10.2. The minimum absolute atomic E-state index is 0.523. The Balaban J connectivity index is 2.16. The summed E-state index contributed by atoms with van der Waals surface area (Å²) in [5, 5.41) is 0. The maximum atomic E-state index is 3.77. The minimum atomic E-state index is 0.523. The van der Waals surface area contributed by atoms with Crippen LogP contribution >= 0.6 is 15.9 Å².